The third-order valence-electron chi connectivity index (χ3n) is 4.05. The van der Waals surface area contributed by atoms with Crippen molar-refractivity contribution in [3.05, 3.63) is 41.4 Å². The van der Waals surface area contributed by atoms with Gasteiger partial charge >= 0.3 is 0 Å². The first-order valence-electron chi connectivity index (χ1n) is 7.33. The maximum atomic E-state index is 11.6. The third kappa shape index (κ3) is 3.55. The van der Waals surface area contributed by atoms with Crippen molar-refractivity contribution in [1.82, 2.24) is 9.88 Å². The SMILES string of the molecule is CO[C@H]1C[C@@H](C(N)=O)N(Cc2ncc(-c3ccc(Cl)cc3)o2)C1. The highest BCUT2D eigenvalue weighted by molar-refractivity contribution is 6.30. The largest absolute Gasteiger partial charge is 0.439 e. The fourth-order valence-corrected chi connectivity index (χ4v) is 2.93. The van der Waals surface area contributed by atoms with Crippen molar-refractivity contribution >= 4 is 17.5 Å². The number of hydrogen-bond donors (Lipinski definition) is 1. The number of carbonyl (C=O) groups excluding carboxylic acids is 1. The summed E-state index contributed by atoms with van der Waals surface area (Å²) in [4.78, 5) is 17.8. The van der Waals surface area contributed by atoms with E-state index in [9.17, 15) is 4.79 Å². The maximum Gasteiger partial charge on any atom is 0.234 e. The lowest BCUT2D eigenvalue weighted by atomic mass is 10.2. The lowest BCUT2D eigenvalue weighted by Gasteiger charge is -2.19. The highest BCUT2D eigenvalue weighted by Gasteiger charge is 2.36. The number of nitrogens with two attached hydrogens (primary N) is 1. The number of halogens is 1. The van der Waals surface area contributed by atoms with Crippen LogP contribution in [-0.4, -0.2) is 41.6 Å². The van der Waals surface area contributed by atoms with Gasteiger partial charge in [-0.05, 0) is 30.7 Å². The first-order chi connectivity index (χ1) is 11.1. The molecule has 0 unspecified atom stereocenters. The van der Waals surface area contributed by atoms with Crippen LogP contribution in [0.1, 0.15) is 12.3 Å². The van der Waals surface area contributed by atoms with Crippen LogP contribution >= 0.6 is 11.6 Å². The standard InChI is InChI=1S/C16H18ClN3O3/c1-22-12-6-13(16(18)21)20(8-12)9-15-19-7-14(23-15)10-2-4-11(17)5-3-10/h2-5,7,12-13H,6,8-9H2,1H3,(H2,18,21)/t12-,13-/m0/s1. The number of carbonyl (C=O) groups is 1. The molecule has 0 radical (unpaired) electrons. The molecule has 6 nitrogen and oxygen atoms in total. The van der Waals surface area contributed by atoms with Gasteiger partial charge in [-0.15, -0.1) is 0 Å². The fourth-order valence-electron chi connectivity index (χ4n) is 2.81. The second-order valence-electron chi connectivity index (χ2n) is 5.57. The number of hydrogen-bond acceptors (Lipinski definition) is 5. The Labute approximate surface area is 139 Å². The zero-order valence-electron chi connectivity index (χ0n) is 12.7. The number of nitrogens with zero attached hydrogens (tertiary/aromatic N) is 2. The number of primary amides is 1. The van der Waals surface area contributed by atoms with E-state index in [-0.39, 0.29) is 18.1 Å². The zero-order chi connectivity index (χ0) is 16.4. The summed E-state index contributed by atoms with van der Waals surface area (Å²) in [6.45, 7) is 1.05. The molecule has 23 heavy (non-hydrogen) atoms. The predicted octanol–water partition coefficient (Wildman–Crippen LogP) is 2.07. The molecule has 122 valence electrons. The molecular formula is C16H18ClN3O3. The van der Waals surface area contributed by atoms with E-state index >= 15 is 0 Å². The van der Waals surface area contributed by atoms with Crippen molar-refractivity contribution in [1.29, 1.82) is 0 Å². The first kappa shape index (κ1) is 16.0. The Morgan fingerprint density at radius 2 is 2.22 bits per heavy atom. The molecule has 0 saturated carbocycles. The normalized spacial score (nSPS) is 21.7. The van der Waals surface area contributed by atoms with Gasteiger partial charge in [0.25, 0.3) is 0 Å². The molecular weight excluding hydrogens is 318 g/mol. The highest BCUT2D eigenvalue weighted by atomic mass is 35.5. The minimum atomic E-state index is -0.356. The van der Waals surface area contributed by atoms with Crippen molar-refractivity contribution in [3.8, 4) is 11.3 Å². The molecule has 1 aromatic heterocycles. The van der Waals surface area contributed by atoms with E-state index in [1.54, 1.807) is 25.4 Å². The molecule has 0 bridgehead atoms. The Hall–Kier alpha value is -1.89. The zero-order valence-corrected chi connectivity index (χ0v) is 13.5. The number of ether oxygens (including phenoxy) is 1. The number of likely N-dealkylation sites (tertiary alicyclic amines) is 1. The van der Waals surface area contributed by atoms with Gasteiger partial charge in [-0.25, -0.2) is 4.98 Å². The van der Waals surface area contributed by atoms with Gasteiger partial charge in [0.15, 0.2) is 5.76 Å². The Morgan fingerprint density at radius 1 is 1.48 bits per heavy atom. The van der Waals surface area contributed by atoms with Gasteiger partial charge in [-0.2, -0.15) is 0 Å². The number of oxazole rings is 1. The van der Waals surface area contributed by atoms with E-state index in [1.165, 1.54) is 0 Å². The van der Waals surface area contributed by atoms with E-state index in [2.05, 4.69) is 4.98 Å². The van der Waals surface area contributed by atoms with Gasteiger partial charge in [0.05, 0.1) is 24.9 Å². The topological polar surface area (TPSA) is 81.6 Å². The quantitative estimate of drug-likeness (QED) is 0.904. The van der Waals surface area contributed by atoms with Crippen LogP contribution in [0.15, 0.2) is 34.9 Å². The maximum absolute atomic E-state index is 11.6. The van der Waals surface area contributed by atoms with Crippen LogP contribution in [-0.2, 0) is 16.1 Å². The van der Waals surface area contributed by atoms with Crippen molar-refractivity contribution < 1.29 is 13.9 Å². The van der Waals surface area contributed by atoms with Gasteiger partial charge in [0, 0.05) is 24.2 Å². The van der Waals surface area contributed by atoms with Crippen LogP contribution in [0, 0.1) is 0 Å². The molecule has 0 aliphatic carbocycles. The summed E-state index contributed by atoms with van der Waals surface area (Å²) in [6.07, 6.45) is 2.26. The van der Waals surface area contributed by atoms with Crippen LogP contribution in [0.4, 0.5) is 0 Å². The average Bonchev–Trinajstić information content (AvgIpc) is 3.15. The predicted molar refractivity (Wildman–Crippen MR) is 85.8 cm³/mol. The number of methoxy groups -OCH3 is 1. The Bertz CT molecular complexity index is 686. The summed E-state index contributed by atoms with van der Waals surface area (Å²) in [6, 6.07) is 6.98. The third-order valence-corrected chi connectivity index (χ3v) is 4.30. The highest BCUT2D eigenvalue weighted by Crippen LogP contribution is 2.25. The summed E-state index contributed by atoms with van der Waals surface area (Å²) in [7, 11) is 1.63. The number of benzene rings is 1. The van der Waals surface area contributed by atoms with Gasteiger partial charge in [0.2, 0.25) is 11.8 Å². The molecule has 1 aliphatic heterocycles. The summed E-state index contributed by atoms with van der Waals surface area (Å²) >= 11 is 5.88. The van der Waals surface area contributed by atoms with Crippen LogP contribution in [0.5, 0.6) is 0 Å². The number of amides is 1. The van der Waals surface area contributed by atoms with Gasteiger partial charge in [-0.1, -0.05) is 11.6 Å². The van der Waals surface area contributed by atoms with Gasteiger partial charge in [-0.3, -0.25) is 9.69 Å². The Kier molecular flexibility index (Phi) is 4.66. The number of aromatic nitrogens is 1. The molecule has 2 heterocycles. The Morgan fingerprint density at radius 3 is 2.87 bits per heavy atom. The van der Waals surface area contributed by atoms with E-state index in [0.29, 0.717) is 36.2 Å². The monoisotopic (exact) mass is 335 g/mol. The van der Waals surface area contributed by atoms with Crippen molar-refractivity contribution in [3.63, 3.8) is 0 Å². The number of rotatable bonds is 5. The lowest BCUT2D eigenvalue weighted by molar-refractivity contribution is -0.122. The van der Waals surface area contributed by atoms with E-state index in [1.807, 2.05) is 17.0 Å². The minimum Gasteiger partial charge on any atom is -0.439 e. The van der Waals surface area contributed by atoms with Crippen LogP contribution in [0.25, 0.3) is 11.3 Å². The minimum absolute atomic E-state index is 0.00167. The van der Waals surface area contributed by atoms with Crippen LogP contribution in [0.2, 0.25) is 5.02 Å². The molecule has 1 saturated heterocycles. The van der Waals surface area contributed by atoms with Crippen molar-refractivity contribution in [2.75, 3.05) is 13.7 Å². The molecule has 1 aliphatic rings. The average molecular weight is 336 g/mol. The molecule has 0 spiro atoms. The fraction of sp³-hybridized carbons (Fsp3) is 0.375. The molecule has 2 aromatic rings. The molecule has 1 fully saturated rings. The van der Waals surface area contributed by atoms with E-state index < -0.39 is 0 Å². The second kappa shape index (κ2) is 6.70. The van der Waals surface area contributed by atoms with Gasteiger partial charge < -0.3 is 14.9 Å². The van der Waals surface area contributed by atoms with Crippen molar-refractivity contribution in [2.24, 2.45) is 5.73 Å². The molecule has 1 amide bonds. The van der Waals surface area contributed by atoms with Crippen LogP contribution in [0.3, 0.4) is 0 Å². The Balaban J connectivity index is 1.73. The summed E-state index contributed by atoms with van der Waals surface area (Å²) in [5, 5.41) is 0.667. The first-order valence-corrected chi connectivity index (χ1v) is 7.71. The summed E-state index contributed by atoms with van der Waals surface area (Å²) < 4.78 is 11.1. The molecule has 1 aromatic carbocycles. The molecule has 3 rings (SSSR count). The molecule has 2 N–H and O–H groups in total. The van der Waals surface area contributed by atoms with Crippen molar-refractivity contribution in [2.45, 2.75) is 25.1 Å². The second-order valence-corrected chi connectivity index (χ2v) is 6.00. The van der Waals surface area contributed by atoms with Gasteiger partial charge in [0.1, 0.15) is 0 Å². The molecule has 2 atom stereocenters. The summed E-state index contributed by atoms with van der Waals surface area (Å²) in [5.41, 5.74) is 6.37. The summed E-state index contributed by atoms with van der Waals surface area (Å²) in [5.74, 6) is 0.849. The molecule has 7 heteroatoms. The van der Waals surface area contributed by atoms with Crippen LogP contribution < -0.4 is 5.73 Å². The lowest BCUT2D eigenvalue weighted by Crippen LogP contribution is -2.39. The van der Waals surface area contributed by atoms with E-state index in [4.69, 9.17) is 26.5 Å². The smallest absolute Gasteiger partial charge is 0.234 e. The van der Waals surface area contributed by atoms with E-state index in [0.717, 1.165) is 5.56 Å².